The fourth-order valence-corrected chi connectivity index (χ4v) is 4.50. The van der Waals surface area contributed by atoms with Gasteiger partial charge >= 0.3 is 0 Å². The van der Waals surface area contributed by atoms with E-state index in [9.17, 15) is 0 Å². The Hall–Kier alpha value is -2.65. The molecule has 0 spiro atoms. The molecule has 0 radical (unpaired) electrons. The van der Waals surface area contributed by atoms with Crippen LogP contribution in [0.2, 0.25) is 0 Å². The van der Waals surface area contributed by atoms with Crippen molar-refractivity contribution in [1.82, 2.24) is 4.98 Å². The maximum Gasteiger partial charge on any atom is 0.125 e. The molecule has 1 aliphatic rings. The van der Waals surface area contributed by atoms with E-state index in [4.69, 9.17) is 10.7 Å². The molecule has 3 heteroatoms. The molecule has 110 valence electrons. The van der Waals surface area contributed by atoms with Gasteiger partial charge in [-0.25, -0.2) is 4.98 Å². The number of thiazole rings is 1. The second kappa shape index (κ2) is 4.67. The normalized spacial score (nSPS) is 12.3. The average molecular weight is 314 g/mol. The van der Waals surface area contributed by atoms with Gasteiger partial charge in [-0.15, -0.1) is 11.3 Å². The Morgan fingerprint density at radius 3 is 2.52 bits per heavy atom. The number of benzene rings is 3. The van der Waals surface area contributed by atoms with Gasteiger partial charge in [0.05, 0.1) is 10.4 Å². The lowest BCUT2D eigenvalue weighted by Gasteiger charge is -2.05. The van der Waals surface area contributed by atoms with Crippen LogP contribution in [0.15, 0.2) is 60.7 Å². The Bertz CT molecular complexity index is 1060. The fraction of sp³-hybridized carbons (Fsp3) is 0.0500. The minimum absolute atomic E-state index is 0.751. The number of nitrogens with two attached hydrogens (primary N) is 1. The first kappa shape index (κ1) is 12.9. The molecule has 0 saturated heterocycles. The summed E-state index contributed by atoms with van der Waals surface area (Å²) in [5, 5.41) is 1.06. The SMILES string of the molecule is Nc1cccc2sc(-c3cccc4c3Cc3ccccc3-4)nc12. The van der Waals surface area contributed by atoms with Gasteiger partial charge in [-0.1, -0.05) is 48.5 Å². The average Bonchev–Trinajstić information content (AvgIpc) is 3.16. The largest absolute Gasteiger partial charge is 0.397 e. The molecule has 0 atom stereocenters. The Kier molecular flexibility index (Phi) is 2.61. The molecular formula is C20H14N2S. The molecular weight excluding hydrogens is 300 g/mol. The van der Waals surface area contributed by atoms with E-state index in [1.165, 1.54) is 27.8 Å². The van der Waals surface area contributed by atoms with Crippen LogP contribution in [-0.4, -0.2) is 4.98 Å². The molecule has 1 aliphatic carbocycles. The van der Waals surface area contributed by atoms with Gasteiger partial charge in [-0.3, -0.25) is 0 Å². The number of nitrogen functional groups attached to an aromatic ring is 1. The molecule has 0 saturated carbocycles. The molecule has 2 N–H and O–H groups in total. The number of aromatic nitrogens is 1. The van der Waals surface area contributed by atoms with Crippen molar-refractivity contribution in [2.24, 2.45) is 0 Å². The van der Waals surface area contributed by atoms with E-state index in [-0.39, 0.29) is 0 Å². The lowest BCUT2D eigenvalue weighted by Crippen LogP contribution is -1.88. The van der Waals surface area contributed by atoms with Crippen LogP contribution < -0.4 is 5.73 Å². The number of nitrogens with zero attached hydrogens (tertiary/aromatic N) is 1. The summed E-state index contributed by atoms with van der Waals surface area (Å²) in [6.07, 6.45) is 0.979. The van der Waals surface area contributed by atoms with Crippen molar-refractivity contribution in [3.63, 3.8) is 0 Å². The van der Waals surface area contributed by atoms with Gasteiger partial charge in [-0.2, -0.15) is 0 Å². The lowest BCUT2D eigenvalue weighted by molar-refractivity contribution is 1.26. The molecule has 0 bridgehead atoms. The predicted molar refractivity (Wildman–Crippen MR) is 97.7 cm³/mol. The first-order valence-electron chi connectivity index (χ1n) is 7.67. The van der Waals surface area contributed by atoms with Crippen LogP contribution >= 0.6 is 11.3 Å². The standard InChI is InChI=1S/C20H14N2S/c21-17-9-4-10-18-19(17)22-20(23-18)15-8-3-7-14-13-6-2-1-5-12(13)11-16(14)15/h1-10H,11,21H2. The van der Waals surface area contributed by atoms with Crippen LogP contribution in [0.5, 0.6) is 0 Å². The van der Waals surface area contributed by atoms with E-state index < -0.39 is 0 Å². The topological polar surface area (TPSA) is 38.9 Å². The van der Waals surface area contributed by atoms with Gasteiger partial charge < -0.3 is 5.73 Å². The minimum Gasteiger partial charge on any atom is -0.397 e. The van der Waals surface area contributed by atoms with E-state index in [0.717, 1.165) is 27.3 Å². The Labute approximate surface area is 138 Å². The third-order valence-electron chi connectivity index (χ3n) is 4.53. The van der Waals surface area contributed by atoms with Gasteiger partial charge in [-0.05, 0) is 40.8 Å². The zero-order valence-electron chi connectivity index (χ0n) is 12.4. The van der Waals surface area contributed by atoms with Gasteiger partial charge in [0.15, 0.2) is 0 Å². The number of hydrogen-bond acceptors (Lipinski definition) is 3. The summed E-state index contributed by atoms with van der Waals surface area (Å²) in [7, 11) is 0. The first-order chi connectivity index (χ1) is 11.3. The second-order valence-electron chi connectivity index (χ2n) is 5.88. The smallest absolute Gasteiger partial charge is 0.125 e. The molecule has 0 unspecified atom stereocenters. The number of rotatable bonds is 1. The van der Waals surface area contributed by atoms with Crippen molar-refractivity contribution >= 4 is 27.2 Å². The molecule has 5 rings (SSSR count). The summed E-state index contributed by atoms with van der Waals surface area (Å²) in [5.74, 6) is 0. The summed E-state index contributed by atoms with van der Waals surface area (Å²) in [4.78, 5) is 4.82. The molecule has 4 aromatic rings. The van der Waals surface area contributed by atoms with E-state index in [0.29, 0.717) is 0 Å². The van der Waals surface area contributed by atoms with Crippen molar-refractivity contribution in [2.75, 3.05) is 5.73 Å². The highest BCUT2D eigenvalue weighted by Crippen LogP contribution is 2.43. The Morgan fingerprint density at radius 2 is 1.61 bits per heavy atom. The molecule has 1 aromatic heterocycles. The zero-order valence-corrected chi connectivity index (χ0v) is 13.2. The highest BCUT2D eigenvalue weighted by Gasteiger charge is 2.22. The van der Waals surface area contributed by atoms with E-state index in [2.05, 4.69) is 48.5 Å². The summed E-state index contributed by atoms with van der Waals surface area (Å²) < 4.78 is 1.15. The Morgan fingerprint density at radius 1 is 0.826 bits per heavy atom. The summed E-state index contributed by atoms with van der Waals surface area (Å²) in [5.41, 5.74) is 14.4. The summed E-state index contributed by atoms with van der Waals surface area (Å²) >= 11 is 1.72. The molecule has 3 aromatic carbocycles. The van der Waals surface area contributed by atoms with Crippen molar-refractivity contribution in [2.45, 2.75) is 6.42 Å². The maximum absolute atomic E-state index is 6.07. The first-order valence-corrected chi connectivity index (χ1v) is 8.48. The van der Waals surface area contributed by atoms with Crippen LogP contribution in [0.3, 0.4) is 0 Å². The van der Waals surface area contributed by atoms with Gasteiger partial charge in [0, 0.05) is 5.56 Å². The summed E-state index contributed by atoms with van der Waals surface area (Å²) in [6.45, 7) is 0. The third kappa shape index (κ3) is 1.83. The van der Waals surface area contributed by atoms with E-state index >= 15 is 0 Å². The van der Waals surface area contributed by atoms with Crippen molar-refractivity contribution in [1.29, 1.82) is 0 Å². The number of fused-ring (bicyclic) bond motifs is 4. The van der Waals surface area contributed by atoms with Crippen LogP contribution in [0.25, 0.3) is 31.9 Å². The third-order valence-corrected chi connectivity index (χ3v) is 5.59. The molecule has 0 fully saturated rings. The second-order valence-corrected chi connectivity index (χ2v) is 6.91. The monoisotopic (exact) mass is 314 g/mol. The highest BCUT2D eigenvalue weighted by molar-refractivity contribution is 7.21. The van der Waals surface area contributed by atoms with Gasteiger partial charge in [0.2, 0.25) is 0 Å². The van der Waals surface area contributed by atoms with E-state index in [1.54, 1.807) is 11.3 Å². The van der Waals surface area contributed by atoms with Crippen LogP contribution in [0.4, 0.5) is 5.69 Å². The van der Waals surface area contributed by atoms with Crippen molar-refractivity contribution in [3.05, 3.63) is 71.8 Å². The van der Waals surface area contributed by atoms with Gasteiger partial charge in [0.25, 0.3) is 0 Å². The molecule has 1 heterocycles. The van der Waals surface area contributed by atoms with Crippen LogP contribution in [0, 0.1) is 0 Å². The maximum atomic E-state index is 6.07. The molecule has 23 heavy (non-hydrogen) atoms. The predicted octanol–water partition coefficient (Wildman–Crippen LogP) is 5.12. The van der Waals surface area contributed by atoms with Crippen molar-refractivity contribution < 1.29 is 0 Å². The van der Waals surface area contributed by atoms with Crippen molar-refractivity contribution in [3.8, 4) is 21.7 Å². The van der Waals surface area contributed by atoms with E-state index in [1.807, 2.05) is 12.1 Å². The number of anilines is 1. The summed E-state index contributed by atoms with van der Waals surface area (Å²) in [6, 6.07) is 21.2. The number of hydrogen-bond donors (Lipinski definition) is 1. The number of para-hydroxylation sites is 1. The van der Waals surface area contributed by atoms with Gasteiger partial charge in [0.1, 0.15) is 10.5 Å². The molecule has 0 amide bonds. The van der Waals surface area contributed by atoms with Crippen LogP contribution in [0.1, 0.15) is 11.1 Å². The molecule has 0 aliphatic heterocycles. The quantitative estimate of drug-likeness (QED) is 0.436. The Balaban J connectivity index is 1.74. The minimum atomic E-state index is 0.751. The fourth-order valence-electron chi connectivity index (χ4n) is 3.44. The zero-order chi connectivity index (χ0) is 15.4. The highest BCUT2D eigenvalue weighted by atomic mass is 32.1. The lowest BCUT2D eigenvalue weighted by atomic mass is 10.0. The van der Waals surface area contributed by atoms with Crippen LogP contribution in [-0.2, 0) is 6.42 Å². The molecule has 2 nitrogen and oxygen atoms in total.